The van der Waals surface area contributed by atoms with E-state index in [-0.39, 0.29) is 24.6 Å². The third kappa shape index (κ3) is 6.93. The van der Waals surface area contributed by atoms with Gasteiger partial charge in [0.15, 0.2) is 15.9 Å². The highest BCUT2D eigenvalue weighted by Crippen LogP contribution is 2.23. The van der Waals surface area contributed by atoms with Crippen LogP contribution in [0.1, 0.15) is 25.5 Å². The Morgan fingerprint density at radius 1 is 0.939 bits per heavy atom. The molecular formula is C23H29N3O6S. The fourth-order valence-corrected chi connectivity index (χ4v) is 4.71. The topological polar surface area (TPSA) is 114 Å². The van der Waals surface area contributed by atoms with Crippen LogP contribution in [-0.2, 0) is 19.4 Å². The minimum atomic E-state index is -3.10. The summed E-state index contributed by atoms with van der Waals surface area (Å²) in [5.74, 6) is 0.189. The Hall–Kier alpha value is -3.11. The number of rotatable bonds is 8. The number of sulfone groups is 1. The van der Waals surface area contributed by atoms with Crippen LogP contribution in [0.2, 0.25) is 0 Å². The molecule has 0 saturated carbocycles. The van der Waals surface area contributed by atoms with Gasteiger partial charge in [-0.25, -0.2) is 8.42 Å². The fraction of sp³-hybridized carbons (Fsp3) is 0.391. The van der Waals surface area contributed by atoms with E-state index in [1.54, 1.807) is 48.2 Å². The molecule has 0 spiro atoms. The summed E-state index contributed by atoms with van der Waals surface area (Å²) in [6, 6.07) is 15.2. The van der Waals surface area contributed by atoms with E-state index in [0.717, 1.165) is 0 Å². The van der Waals surface area contributed by atoms with Gasteiger partial charge in [0, 0.05) is 13.1 Å². The number of carbonyl (C=O) groups excluding carboxylic acids is 2. The minimum Gasteiger partial charge on any atom is -0.494 e. The molecule has 1 saturated heterocycles. The molecule has 2 amide bonds. The Morgan fingerprint density at radius 3 is 2.12 bits per heavy atom. The van der Waals surface area contributed by atoms with Crippen molar-refractivity contribution in [3.63, 3.8) is 0 Å². The summed E-state index contributed by atoms with van der Waals surface area (Å²) in [6.45, 7) is 4.49. The van der Waals surface area contributed by atoms with Gasteiger partial charge in [-0.15, -0.1) is 0 Å². The third-order valence-electron chi connectivity index (χ3n) is 5.23. The Balaban J connectivity index is 1.60. The molecule has 0 aliphatic carbocycles. The molecule has 2 N–H and O–H groups in total. The van der Waals surface area contributed by atoms with Crippen molar-refractivity contribution in [2.24, 2.45) is 0 Å². The highest BCUT2D eigenvalue weighted by molar-refractivity contribution is 7.91. The number of ether oxygens (including phenoxy) is 2. The second-order valence-corrected chi connectivity index (χ2v) is 9.95. The van der Waals surface area contributed by atoms with Crippen molar-refractivity contribution >= 4 is 21.7 Å². The third-order valence-corrected chi connectivity index (χ3v) is 6.84. The molecule has 178 valence electrons. The Labute approximate surface area is 194 Å². The van der Waals surface area contributed by atoms with Crippen LogP contribution >= 0.6 is 0 Å². The number of nitrogens with one attached hydrogen (secondary N) is 2. The Bertz CT molecular complexity index is 1030. The quantitative estimate of drug-likeness (QED) is 0.556. The van der Waals surface area contributed by atoms with Crippen LogP contribution in [0, 0.1) is 0 Å². The lowest BCUT2D eigenvalue weighted by Gasteiger charge is -2.33. The second-order valence-electron chi connectivity index (χ2n) is 7.64. The van der Waals surface area contributed by atoms with Crippen molar-refractivity contribution in [1.29, 1.82) is 0 Å². The van der Waals surface area contributed by atoms with Crippen molar-refractivity contribution in [3.05, 3.63) is 60.2 Å². The van der Waals surface area contributed by atoms with Crippen LogP contribution in [0.4, 0.5) is 0 Å². The van der Waals surface area contributed by atoms with Crippen LogP contribution in [0.15, 0.2) is 54.6 Å². The number of hydrogen-bond acceptors (Lipinski definition) is 7. The van der Waals surface area contributed by atoms with Crippen LogP contribution in [-0.4, -0.2) is 62.4 Å². The first-order chi connectivity index (χ1) is 15.8. The molecule has 3 rings (SSSR count). The normalized spacial score (nSPS) is 17.4. The average Bonchev–Trinajstić information content (AvgIpc) is 2.81. The van der Waals surface area contributed by atoms with E-state index in [2.05, 4.69) is 10.9 Å². The SMILES string of the molecule is CCOc1ccc(OC(C)C(=O)NNC(=O)C(c2ccccc2)N2CCS(=O)(=O)CC2)cc1. The molecular weight excluding hydrogens is 446 g/mol. The fourth-order valence-electron chi connectivity index (χ4n) is 3.48. The lowest BCUT2D eigenvalue weighted by Crippen LogP contribution is -2.53. The zero-order valence-corrected chi connectivity index (χ0v) is 19.5. The van der Waals surface area contributed by atoms with E-state index in [1.807, 2.05) is 25.1 Å². The van der Waals surface area contributed by atoms with Crippen LogP contribution in [0.25, 0.3) is 0 Å². The first-order valence-corrected chi connectivity index (χ1v) is 12.6. The van der Waals surface area contributed by atoms with Gasteiger partial charge in [0.25, 0.3) is 11.8 Å². The van der Waals surface area contributed by atoms with E-state index < -0.39 is 33.8 Å². The molecule has 1 aliphatic rings. The number of benzene rings is 2. The molecule has 0 bridgehead atoms. The molecule has 2 unspecified atom stereocenters. The lowest BCUT2D eigenvalue weighted by atomic mass is 10.0. The van der Waals surface area contributed by atoms with E-state index in [1.165, 1.54) is 0 Å². The average molecular weight is 476 g/mol. The molecule has 0 radical (unpaired) electrons. The molecule has 9 nitrogen and oxygen atoms in total. The first-order valence-electron chi connectivity index (χ1n) is 10.8. The zero-order valence-electron chi connectivity index (χ0n) is 18.7. The van der Waals surface area contributed by atoms with Gasteiger partial charge < -0.3 is 9.47 Å². The van der Waals surface area contributed by atoms with Gasteiger partial charge >= 0.3 is 0 Å². The summed E-state index contributed by atoms with van der Waals surface area (Å²) in [7, 11) is -3.10. The number of hydrogen-bond donors (Lipinski definition) is 2. The monoisotopic (exact) mass is 475 g/mol. The van der Waals surface area contributed by atoms with E-state index in [4.69, 9.17) is 9.47 Å². The number of nitrogens with zero attached hydrogens (tertiary/aromatic N) is 1. The summed E-state index contributed by atoms with van der Waals surface area (Å²) >= 11 is 0. The first kappa shape index (κ1) is 24.5. The van der Waals surface area contributed by atoms with E-state index >= 15 is 0 Å². The van der Waals surface area contributed by atoms with Crippen molar-refractivity contribution in [3.8, 4) is 11.5 Å². The molecule has 2 aromatic rings. The maximum Gasteiger partial charge on any atom is 0.279 e. The van der Waals surface area contributed by atoms with Gasteiger partial charge in [0.05, 0.1) is 18.1 Å². The molecule has 1 fully saturated rings. The summed E-state index contributed by atoms with van der Waals surface area (Å²) in [6.07, 6.45) is -0.862. The van der Waals surface area contributed by atoms with E-state index in [9.17, 15) is 18.0 Å². The molecule has 33 heavy (non-hydrogen) atoms. The van der Waals surface area contributed by atoms with Gasteiger partial charge in [0.1, 0.15) is 17.5 Å². The minimum absolute atomic E-state index is 0.0110. The van der Waals surface area contributed by atoms with E-state index in [0.29, 0.717) is 23.7 Å². The molecule has 2 aromatic carbocycles. The zero-order chi connectivity index (χ0) is 23.8. The lowest BCUT2D eigenvalue weighted by molar-refractivity contribution is -0.135. The Kier molecular flexibility index (Phi) is 8.29. The maximum absolute atomic E-state index is 13.0. The van der Waals surface area contributed by atoms with Crippen molar-refractivity contribution in [2.75, 3.05) is 31.2 Å². The molecule has 10 heteroatoms. The molecule has 1 aliphatic heterocycles. The number of hydrazine groups is 1. The summed E-state index contributed by atoms with van der Waals surface area (Å²) in [5, 5.41) is 0. The van der Waals surface area contributed by atoms with Gasteiger partial charge in [0.2, 0.25) is 0 Å². The van der Waals surface area contributed by atoms with Gasteiger partial charge in [-0.2, -0.15) is 0 Å². The van der Waals surface area contributed by atoms with Gasteiger partial charge in [-0.05, 0) is 43.7 Å². The standard InChI is InChI=1S/C23H29N3O6S/c1-3-31-19-9-11-20(12-10-19)32-17(2)22(27)24-25-23(28)21(18-7-5-4-6-8-18)26-13-15-33(29,30)16-14-26/h4-12,17,21H,3,13-16H2,1-2H3,(H,24,27)(H,25,28). The maximum atomic E-state index is 13.0. The molecule has 2 atom stereocenters. The predicted octanol–water partition coefficient (Wildman–Crippen LogP) is 1.47. The number of carbonyl (C=O) groups is 2. The molecule has 1 heterocycles. The largest absolute Gasteiger partial charge is 0.494 e. The molecule has 0 aromatic heterocycles. The summed E-state index contributed by atoms with van der Waals surface area (Å²) in [4.78, 5) is 27.3. The second kappa shape index (κ2) is 11.2. The van der Waals surface area contributed by atoms with Crippen molar-refractivity contribution < 1.29 is 27.5 Å². The predicted molar refractivity (Wildman–Crippen MR) is 123 cm³/mol. The van der Waals surface area contributed by atoms with Crippen molar-refractivity contribution in [2.45, 2.75) is 26.0 Å². The summed E-state index contributed by atoms with van der Waals surface area (Å²) in [5.41, 5.74) is 5.58. The van der Waals surface area contributed by atoms with Gasteiger partial charge in [-0.3, -0.25) is 25.3 Å². The highest BCUT2D eigenvalue weighted by Gasteiger charge is 2.33. The van der Waals surface area contributed by atoms with Crippen LogP contribution in [0.5, 0.6) is 11.5 Å². The van der Waals surface area contributed by atoms with Crippen LogP contribution in [0.3, 0.4) is 0 Å². The Morgan fingerprint density at radius 2 is 1.52 bits per heavy atom. The summed E-state index contributed by atoms with van der Waals surface area (Å²) < 4.78 is 34.6. The number of amides is 2. The van der Waals surface area contributed by atoms with Crippen LogP contribution < -0.4 is 20.3 Å². The van der Waals surface area contributed by atoms with Crippen molar-refractivity contribution in [1.82, 2.24) is 15.8 Å². The smallest absolute Gasteiger partial charge is 0.279 e. The highest BCUT2D eigenvalue weighted by atomic mass is 32.2. The van der Waals surface area contributed by atoms with Gasteiger partial charge in [-0.1, -0.05) is 30.3 Å².